The Kier molecular flexibility index (Phi) is 2.28. The molecule has 0 radical (unpaired) electrons. The molecule has 1 atom stereocenters. The minimum atomic E-state index is 0.306. The molecule has 3 rings (SSSR count). The first kappa shape index (κ1) is 9.41. The van der Waals surface area contributed by atoms with Crippen molar-refractivity contribution in [3.8, 4) is 0 Å². The summed E-state index contributed by atoms with van der Waals surface area (Å²) in [6.07, 6.45) is 8.99. The maximum atomic E-state index is 6.18. The fraction of sp³-hybridized carbons (Fsp3) is 0.571. The number of rotatable bonds is 0. The number of hydrogen-bond donors (Lipinski definition) is 1. The molecular formula is C14H19N. The summed E-state index contributed by atoms with van der Waals surface area (Å²) in [5, 5.41) is 0. The van der Waals surface area contributed by atoms with E-state index in [0.29, 0.717) is 6.04 Å². The summed E-state index contributed by atoms with van der Waals surface area (Å²) in [7, 11) is 0. The van der Waals surface area contributed by atoms with Gasteiger partial charge in [0, 0.05) is 6.04 Å². The van der Waals surface area contributed by atoms with Gasteiger partial charge < -0.3 is 5.73 Å². The molecule has 0 aliphatic heterocycles. The first-order chi connectivity index (χ1) is 7.34. The van der Waals surface area contributed by atoms with Gasteiger partial charge in [-0.1, -0.05) is 12.1 Å². The summed E-state index contributed by atoms with van der Waals surface area (Å²) in [6, 6.07) is 5.16. The highest BCUT2D eigenvalue weighted by molar-refractivity contribution is 5.42. The van der Waals surface area contributed by atoms with Gasteiger partial charge in [-0.15, -0.1) is 0 Å². The van der Waals surface area contributed by atoms with Gasteiger partial charge >= 0.3 is 0 Å². The monoisotopic (exact) mass is 201 g/mol. The SMILES string of the molecule is NC1CCCc2cc3c(cc21)CCCC3. The molecule has 2 aliphatic carbocycles. The predicted molar refractivity (Wildman–Crippen MR) is 63.0 cm³/mol. The van der Waals surface area contributed by atoms with Crippen molar-refractivity contribution in [2.24, 2.45) is 5.73 Å². The molecule has 15 heavy (non-hydrogen) atoms. The molecule has 0 spiro atoms. The standard InChI is InChI=1S/C14H19N/c15-14-7-3-6-12-8-10-4-1-2-5-11(10)9-13(12)14/h8-9,14H,1-7,15H2. The smallest absolute Gasteiger partial charge is 0.0297 e. The second-order valence-electron chi connectivity index (χ2n) is 5.03. The van der Waals surface area contributed by atoms with E-state index in [1.165, 1.54) is 56.1 Å². The van der Waals surface area contributed by atoms with Crippen molar-refractivity contribution in [1.82, 2.24) is 0 Å². The van der Waals surface area contributed by atoms with E-state index in [2.05, 4.69) is 12.1 Å². The van der Waals surface area contributed by atoms with E-state index in [1.54, 1.807) is 11.1 Å². The lowest BCUT2D eigenvalue weighted by Crippen LogP contribution is -2.19. The van der Waals surface area contributed by atoms with Crippen molar-refractivity contribution in [1.29, 1.82) is 0 Å². The third kappa shape index (κ3) is 1.59. The molecule has 0 bridgehead atoms. The average Bonchev–Trinajstić information content (AvgIpc) is 2.27. The number of nitrogens with two attached hydrogens (primary N) is 1. The van der Waals surface area contributed by atoms with Gasteiger partial charge in [0.15, 0.2) is 0 Å². The van der Waals surface area contributed by atoms with Crippen LogP contribution in [0.3, 0.4) is 0 Å². The van der Waals surface area contributed by atoms with Crippen LogP contribution >= 0.6 is 0 Å². The summed E-state index contributed by atoms with van der Waals surface area (Å²) in [6.45, 7) is 0. The van der Waals surface area contributed by atoms with Gasteiger partial charge in [0.2, 0.25) is 0 Å². The second-order valence-corrected chi connectivity index (χ2v) is 5.03. The Labute approximate surface area is 91.7 Å². The van der Waals surface area contributed by atoms with E-state index >= 15 is 0 Å². The minimum Gasteiger partial charge on any atom is -0.324 e. The molecule has 0 heterocycles. The Morgan fingerprint density at radius 1 is 0.867 bits per heavy atom. The van der Waals surface area contributed by atoms with E-state index in [1.807, 2.05) is 0 Å². The summed E-state index contributed by atoms with van der Waals surface area (Å²) in [5.41, 5.74) is 12.3. The Hall–Kier alpha value is -0.820. The maximum Gasteiger partial charge on any atom is 0.0297 e. The van der Waals surface area contributed by atoms with Gasteiger partial charge in [0.1, 0.15) is 0 Å². The third-order valence-corrected chi connectivity index (χ3v) is 3.96. The van der Waals surface area contributed by atoms with E-state index in [0.717, 1.165) is 0 Å². The van der Waals surface area contributed by atoms with Crippen LogP contribution in [0.15, 0.2) is 12.1 Å². The summed E-state index contributed by atoms with van der Waals surface area (Å²) in [5.74, 6) is 0. The molecule has 0 saturated carbocycles. The van der Waals surface area contributed by atoms with Gasteiger partial charge in [-0.05, 0) is 67.2 Å². The van der Waals surface area contributed by atoms with Crippen LogP contribution in [0.1, 0.15) is 54.0 Å². The number of hydrogen-bond acceptors (Lipinski definition) is 1. The Bertz CT molecular complexity index is 381. The lowest BCUT2D eigenvalue weighted by atomic mass is 9.81. The highest BCUT2D eigenvalue weighted by atomic mass is 14.6. The summed E-state index contributed by atoms with van der Waals surface area (Å²) in [4.78, 5) is 0. The molecule has 0 fully saturated rings. The van der Waals surface area contributed by atoms with Gasteiger partial charge in [-0.3, -0.25) is 0 Å². The molecule has 80 valence electrons. The van der Waals surface area contributed by atoms with Crippen molar-refractivity contribution in [3.63, 3.8) is 0 Å². The lowest BCUT2D eigenvalue weighted by Gasteiger charge is -2.26. The summed E-state index contributed by atoms with van der Waals surface area (Å²) >= 11 is 0. The lowest BCUT2D eigenvalue weighted by molar-refractivity contribution is 0.565. The van der Waals surface area contributed by atoms with Crippen LogP contribution in [0, 0.1) is 0 Å². The van der Waals surface area contributed by atoms with Crippen LogP contribution in [-0.4, -0.2) is 0 Å². The zero-order valence-corrected chi connectivity index (χ0v) is 9.26. The highest BCUT2D eigenvalue weighted by Crippen LogP contribution is 2.32. The molecular weight excluding hydrogens is 182 g/mol. The van der Waals surface area contributed by atoms with Gasteiger partial charge in [0.25, 0.3) is 0 Å². The minimum absolute atomic E-state index is 0.306. The molecule has 2 aliphatic rings. The normalized spacial score (nSPS) is 24.5. The number of benzene rings is 1. The Morgan fingerprint density at radius 2 is 1.53 bits per heavy atom. The van der Waals surface area contributed by atoms with Gasteiger partial charge in [0.05, 0.1) is 0 Å². The van der Waals surface area contributed by atoms with Crippen LogP contribution in [0.4, 0.5) is 0 Å². The molecule has 1 aromatic carbocycles. The van der Waals surface area contributed by atoms with Crippen molar-refractivity contribution in [3.05, 3.63) is 34.4 Å². The van der Waals surface area contributed by atoms with Crippen molar-refractivity contribution >= 4 is 0 Å². The Morgan fingerprint density at radius 3 is 2.33 bits per heavy atom. The van der Waals surface area contributed by atoms with Crippen LogP contribution in [0.5, 0.6) is 0 Å². The fourth-order valence-corrected chi connectivity index (χ4v) is 3.09. The van der Waals surface area contributed by atoms with Crippen molar-refractivity contribution < 1.29 is 0 Å². The van der Waals surface area contributed by atoms with E-state index < -0.39 is 0 Å². The van der Waals surface area contributed by atoms with Crippen LogP contribution in [0.25, 0.3) is 0 Å². The zero-order chi connectivity index (χ0) is 10.3. The van der Waals surface area contributed by atoms with Crippen molar-refractivity contribution in [2.45, 2.75) is 51.0 Å². The molecule has 1 aromatic rings. The van der Waals surface area contributed by atoms with Crippen LogP contribution in [-0.2, 0) is 19.3 Å². The van der Waals surface area contributed by atoms with Gasteiger partial charge in [-0.25, -0.2) is 0 Å². The third-order valence-electron chi connectivity index (χ3n) is 3.96. The molecule has 1 nitrogen and oxygen atoms in total. The topological polar surface area (TPSA) is 26.0 Å². The summed E-state index contributed by atoms with van der Waals surface area (Å²) < 4.78 is 0. The van der Waals surface area contributed by atoms with Crippen LogP contribution in [0.2, 0.25) is 0 Å². The highest BCUT2D eigenvalue weighted by Gasteiger charge is 2.20. The van der Waals surface area contributed by atoms with E-state index in [-0.39, 0.29) is 0 Å². The number of fused-ring (bicyclic) bond motifs is 2. The van der Waals surface area contributed by atoms with Crippen molar-refractivity contribution in [2.75, 3.05) is 0 Å². The molecule has 0 aromatic heterocycles. The molecule has 1 unspecified atom stereocenters. The first-order valence-corrected chi connectivity index (χ1v) is 6.25. The molecule has 2 N–H and O–H groups in total. The molecule has 1 heteroatoms. The average molecular weight is 201 g/mol. The molecule has 0 saturated heterocycles. The first-order valence-electron chi connectivity index (χ1n) is 6.25. The quantitative estimate of drug-likeness (QED) is 0.686. The van der Waals surface area contributed by atoms with E-state index in [4.69, 9.17) is 5.73 Å². The fourth-order valence-electron chi connectivity index (χ4n) is 3.09. The maximum absolute atomic E-state index is 6.18. The number of aryl methyl sites for hydroxylation is 3. The van der Waals surface area contributed by atoms with E-state index in [9.17, 15) is 0 Å². The van der Waals surface area contributed by atoms with Crippen LogP contribution < -0.4 is 5.73 Å². The predicted octanol–water partition coefficient (Wildman–Crippen LogP) is 2.90. The molecule has 0 amide bonds. The second kappa shape index (κ2) is 3.64. The van der Waals surface area contributed by atoms with Gasteiger partial charge in [-0.2, -0.15) is 0 Å². The largest absolute Gasteiger partial charge is 0.324 e. The zero-order valence-electron chi connectivity index (χ0n) is 9.26. The Balaban J connectivity index is 2.08.